The smallest absolute Gasteiger partial charge is 0.323 e. The summed E-state index contributed by atoms with van der Waals surface area (Å²) in [6, 6.07) is -0.456. The van der Waals surface area contributed by atoms with Crippen LogP contribution in [-0.4, -0.2) is 58.6 Å². The van der Waals surface area contributed by atoms with Crippen LogP contribution in [0.5, 0.6) is 0 Å². The van der Waals surface area contributed by atoms with Gasteiger partial charge in [-0.25, -0.2) is 0 Å². The minimum Gasteiger partial charge on any atom is -0.480 e. The molecule has 1 heterocycles. The van der Waals surface area contributed by atoms with Crippen LogP contribution in [0, 0.1) is 0 Å². The van der Waals surface area contributed by atoms with Crippen molar-refractivity contribution in [1.29, 1.82) is 0 Å². The van der Waals surface area contributed by atoms with Gasteiger partial charge in [0.25, 0.3) is 0 Å². The Bertz CT molecular complexity index is 296. The van der Waals surface area contributed by atoms with Crippen molar-refractivity contribution in [2.45, 2.75) is 25.3 Å². The number of piperidine rings is 1. The molecule has 7 heteroatoms. The van der Waals surface area contributed by atoms with Crippen LogP contribution in [-0.2, 0) is 14.4 Å². The van der Waals surface area contributed by atoms with Gasteiger partial charge in [-0.1, -0.05) is 6.42 Å². The minimum atomic E-state index is -1.21. The number of carbonyl (C=O) groups excluding carboxylic acids is 1. The Morgan fingerprint density at radius 3 is 2.12 bits per heavy atom. The number of rotatable bonds is 5. The number of hydrogen-bond donors (Lipinski definition) is 3. The highest BCUT2D eigenvalue weighted by atomic mass is 16.4. The number of carboxylic acid groups (broad SMARTS) is 2. The average Bonchev–Trinajstić information content (AvgIpc) is 2.27. The van der Waals surface area contributed by atoms with E-state index in [1.165, 1.54) is 0 Å². The van der Waals surface area contributed by atoms with E-state index in [-0.39, 0.29) is 0 Å². The summed E-state index contributed by atoms with van der Waals surface area (Å²) in [6.07, 6.45) is 2.48. The maximum Gasteiger partial charge on any atom is 0.323 e. The van der Waals surface area contributed by atoms with Crippen molar-refractivity contribution in [1.82, 2.24) is 10.2 Å². The molecule has 3 N–H and O–H groups in total. The van der Waals surface area contributed by atoms with Gasteiger partial charge in [0.05, 0.1) is 6.04 Å². The van der Waals surface area contributed by atoms with Crippen LogP contribution in [0.25, 0.3) is 0 Å². The number of amides is 1. The van der Waals surface area contributed by atoms with Gasteiger partial charge in [0.2, 0.25) is 5.91 Å². The summed E-state index contributed by atoms with van der Waals surface area (Å²) in [5.74, 6) is -2.87. The van der Waals surface area contributed by atoms with Gasteiger partial charge in [-0.2, -0.15) is 0 Å². The third-order valence-corrected chi connectivity index (χ3v) is 2.57. The molecule has 17 heavy (non-hydrogen) atoms. The lowest BCUT2D eigenvalue weighted by molar-refractivity contribution is -0.150. The molecule has 1 atom stereocenters. The Hall–Kier alpha value is -1.63. The molecule has 1 aliphatic rings. The normalized spacial score (nSPS) is 19.6. The van der Waals surface area contributed by atoms with Gasteiger partial charge in [0.15, 0.2) is 0 Å². The van der Waals surface area contributed by atoms with Gasteiger partial charge in [-0.3, -0.25) is 14.4 Å². The van der Waals surface area contributed by atoms with Crippen molar-refractivity contribution >= 4 is 17.8 Å². The second kappa shape index (κ2) is 6.19. The highest BCUT2D eigenvalue weighted by molar-refractivity contribution is 5.88. The number of aliphatic carboxylic acids is 2. The van der Waals surface area contributed by atoms with E-state index >= 15 is 0 Å². The van der Waals surface area contributed by atoms with Gasteiger partial charge in [0, 0.05) is 0 Å². The molecule has 0 aromatic heterocycles. The highest BCUT2D eigenvalue weighted by Gasteiger charge is 2.28. The number of nitrogens with zero attached hydrogens (tertiary/aromatic N) is 1. The molecule has 1 aliphatic heterocycles. The Morgan fingerprint density at radius 1 is 1.12 bits per heavy atom. The van der Waals surface area contributed by atoms with E-state index in [1.807, 2.05) is 0 Å². The molecule has 0 aromatic carbocycles. The highest BCUT2D eigenvalue weighted by Crippen LogP contribution is 2.09. The molecule has 0 spiro atoms. The fraction of sp³-hybridized carbons (Fsp3) is 0.700. The molecule has 0 aliphatic carbocycles. The quantitative estimate of drug-likeness (QED) is 0.580. The van der Waals surface area contributed by atoms with Crippen LogP contribution in [0.4, 0.5) is 0 Å². The molecule has 0 saturated carbocycles. The van der Waals surface area contributed by atoms with Gasteiger partial charge in [-0.15, -0.1) is 0 Å². The second-order valence-corrected chi connectivity index (χ2v) is 3.98. The predicted octanol–water partition coefficient (Wildman–Crippen LogP) is -0.874. The van der Waals surface area contributed by atoms with Gasteiger partial charge < -0.3 is 20.4 Å². The largest absolute Gasteiger partial charge is 0.480 e. The zero-order valence-electron chi connectivity index (χ0n) is 9.39. The van der Waals surface area contributed by atoms with Crippen LogP contribution in [0.3, 0.4) is 0 Å². The van der Waals surface area contributed by atoms with Gasteiger partial charge >= 0.3 is 11.9 Å². The molecular weight excluding hydrogens is 228 g/mol. The van der Waals surface area contributed by atoms with Crippen molar-refractivity contribution in [3.8, 4) is 0 Å². The molecule has 1 saturated heterocycles. The lowest BCUT2D eigenvalue weighted by Crippen LogP contribution is -2.51. The van der Waals surface area contributed by atoms with Gasteiger partial charge in [-0.05, 0) is 19.4 Å². The molecule has 0 aromatic rings. The number of nitrogens with one attached hydrogen (secondary N) is 1. The monoisotopic (exact) mass is 244 g/mol. The molecule has 1 amide bonds. The van der Waals surface area contributed by atoms with Crippen molar-refractivity contribution < 1.29 is 24.6 Å². The summed E-state index contributed by atoms with van der Waals surface area (Å²) < 4.78 is 0. The van der Waals surface area contributed by atoms with Crippen LogP contribution in [0.1, 0.15) is 19.3 Å². The second-order valence-electron chi connectivity index (χ2n) is 3.98. The van der Waals surface area contributed by atoms with Crippen LogP contribution >= 0.6 is 0 Å². The summed E-state index contributed by atoms with van der Waals surface area (Å²) >= 11 is 0. The Morgan fingerprint density at radius 2 is 1.71 bits per heavy atom. The number of carbonyl (C=O) groups is 3. The van der Waals surface area contributed by atoms with Gasteiger partial charge in [0.1, 0.15) is 13.1 Å². The average molecular weight is 244 g/mol. The van der Waals surface area contributed by atoms with Crippen molar-refractivity contribution in [2.75, 3.05) is 19.6 Å². The van der Waals surface area contributed by atoms with Crippen molar-refractivity contribution in [2.24, 2.45) is 0 Å². The topological polar surface area (TPSA) is 107 Å². The standard InChI is InChI=1S/C10H16N2O5/c13-8(14)5-12(6-9(15)16)10(17)7-3-1-2-4-11-7/h7,11H,1-6H2,(H,13,14)(H,15,16)/t7-/m1/s1. The Labute approximate surface area is 98.4 Å². The third-order valence-electron chi connectivity index (χ3n) is 2.57. The molecular formula is C10H16N2O5. The zero-order valence-corrected chi connectivity index (χ0v) is 9.39. The van der Waals surface area contributed by atoms with E-state index < -0.39 is 37.0 Å². The molecule has 1 rings (SSSR count). The van der Waals surface area contributed by atoms with E-state index in [1.54, 1.807) is 0 Å². The molecule has 1 fully saturated rings. The minimum absolute atomic E-state index is 0.450. The number of carboxylic acids is 2. The molecule has 0 radical (unpaired) electrons. The maximum absolute atomic E-state index is 11.9. The summed E-state index contributed by atoms with van der Waals surface area (Å²) in [4.78, 5) is 33.9. The predicted molar refractivity (Wildman–Crippen MR) is 57.5 cm³/mol. The SMILES string of the molecule is O=C(O)CN(CC(=O)O)C(=O)[C@H]1CCCCN1. The summed E-state index contributed by atoms with van der Waals surface area (Å²) in [7, 11) is 0. The lowest BCUT2D eigenvalue weighted by atomic mass is 10.0. The fourth-order valence-corrected chi connectivity index (χ4v) is 1.82. The van der Waals surface area contributed by atoms with Crippen molar-refractivity contribution in [3.05, 3.63) is 0 Å². The number of hydrogen-bond acceptors (Lipinski definition) is 4. The molecule has 7 nitrogen and oxygen atoms in total. The van der Waals surface area contributed by atoms with Crippen LogP contribution in [0.15, 0.2) is 0 Å². The summed E-state index contributed by atoms with van der Waals surface area (Å²) in [6.45, 7) is -0.461. The fourth-order valence-electron chi connectivity index (χ4n) is 1.82. The summed E-state index contributed by atoms with van der Waals surface area (Å²) in [5, 5.41) is 20.2. The molecule has 0 unspecified atom stereocenters. The van der Waals surface area contributed by atoms with E-state index in [0.29, 0.717) is 13.0 Å². The zero-order chi connectivity index (χ0) is 12.8. The van der Waals surface area contributed by atoms with E-state index in [2.05, 4.69) is 5.32 Å². The Balaban J connectivity index is 2.63. The van der Waals surface area contributed by atoms with Crippen molar-refractivity contribution in [3.63, 3.8) is 0 Å². The maximum atomic E-state index is 11.9. The lowest BCUT2D eigenvalue weighted by Gasteiger charge is -2.28. The molecule has 96 valence electrons. The third kappa shape index (κ3) is 4.39. The summed E-state index contributed by atoms with van der Waals surface area (Å²) in [5.41, 5.74) is 0. The van der Waals surface area contributed by atoms with Crippen LogP contribution < -0.4 is 5.32 Å². The van der Waals surface area contributed by atoms with Crippen LogP contribution in [0.2, 0.25) is 0 Å². The first-order chi connectivity index (χ1) is 8.00. The molecule has 0 bridgehead atoms. The first kappa shape index (κ1) is 13.4. The van der Waals surface area contributed by atoms with E-state index in [4.69, 9.17) is 10.2 Å². The first-order valence-corrected chi connectivity index (χ1v) is 5.46. The first-order valence-electron chi connectivity index (χ1n) is 5.46. The van der Waals surface area contributed by atoms with E-state index in [0.717, 1.165) is 17.7 Å². The van der Waals surface area contributed by atoms with E-state index in [9.17, 15) is 14.4 Å². The Kier molecular flexibility index (Phi) is 4.89.